The molecule has 1 aliphatic heterocycles. The minimum Gasteiger partial charge on any atom is -0.342 e. The fourth-order valence-electron chi connectivity index (χ4n) is 3.64. The van der Waals surface area contributed by atoms with Gasteiger partial charge in [-0.2, -0.15) is 0 Å². The molecule has 106 valence electrons. The minimum atomic E-state index is -0.690. The molecule has 1 heterocycles. The topological polar surface area (TPSA) is 49.4 Å². The second kappa shape index (κ2) is 4.50. The second-order valence-corrected chi connectivity index (χ2v) is 6.85. The van der Waals surface area contributed by atoms with Crippen LogP contribution in [0.3, 0.4) is 0 Å². The fourth-order valence-corrected chi connectivity index (χ4v) is 3.64. The number of nitrogens with zero attached hydrogens (tertiary/aromatic N) is 1. The predicted molar refractivity (Wildman–Crippen MR) is 72.5 cm³/mol. The summed E-state index contributed by atoms with van der Waals surface area (Å²) in [4.78, 5) is 27.1. The molecular weight excluding hydrogens is 240 g/mol. The SMILES string of the molecule is CC1(C)C(=O)NC(C2CC2)C(=O)N1C1CCCCC1. The number of rotatable bonds is 2. The van der Waals surface area contributed by atoms with E-state index in [1.807, 2.05) is 18.7 Å². The average Bonchev–Trinajstić information content (AvgIpc) is 3.19. The molecule has 3 aliphatic rings. The van der Waals surface area contributed by atoms with E-state index in [1.165, 1.54) is 19.3 Å². The largest absolute Gasteiger partial charge is 0.342 e. The smallest absolute Gasteiger partial charge is 0.246 e. The Kier molecular flexibility index (Phi) is 3.06. The Hall–Kier alpha value is -1.06. The predicted octanol–water partition coefficient (Wildman–Crippen LogP) is 1.83. The van der Waals surface area contributed by atoms with Crippen LogP contribution >= 0.6 is 0 Å². The highest BCUT2D eigenvalue weighted by Crippen LogP contribution is 2.39. The van der Waals surface area contributed by atoms with E-state index in [1.54, 1.807) is 0 Å². The van der Waals surface area contributed by atoms with Crippen molar-refractivity contribution in [3.63, 3.8) is 0 Å². The monoisotopic (exact) mass is 264 g/mol. The standard InChI is InChI=1S/C15H24N2O2/c1-15(2)14(19)16-12(10-8-9-10)13(18)17(15)11-6-4-3-5-7-11/h10-12H,3-9H2,1-2H3,(H,16,19). The van der Waals surface area contributed by atoms with E-state index >= 15 is 0 Å². The summed E-state index contributed by atoms with van der Waals surface area (Å²) in [6, 6.07) is 0.0194. The van der Waals surface area contributed by atoms with Gasteiger partial charge < -0.3 is 10.2 Å². The highest BCUT2D eigenvalue weighted by atomic mass is 16.2. The first kappa shape index (κ1) is 12.9. The molecule has 0 radical (unpaired) electrons. The van der Waals surface area contributed by atoms with Gasteiger partial charge in [-0.1, -0.05) is 19.3 Å². The van der Waals surface area contributed by atoms with Gasteiger partial charge in [-0.05, 0) is 45.4 Å². The van der Waals surface area contributed by atoms with E-state index in [0.717, 1.165) is 25.7 Å². The molecule has 0 aromatic heterocycles. The van der Waals surface area contributed by atoms with Crippen molar-refractivity contribution in [3.05, 3.63) is 0 Å². The molecular formula is C15H24N2O2. The number of nitrogens with one attached hydrogen (secondary N) is 1. The minimum absolute atomic E-state index is 0.0228. The van der Waals surface area contributed by atoms with E-state index in [9.17, 15) is 9.59 Å². The zero-order valence-electron chi connectivity index (χ0n) is 11.9. The van der Waals surface area contributed by atoms with Crippen molar-refractivity contribution >= 4 is 11.8 Å². The van der Waals surface area contributed by atoms with Gasteiger partial charge in [0, 0.05) is 6.04 Å². The third kappa shape index (κ3) is 2.15. The molecule has 4 heteroatoms. The quantitative estimate of drug-likeness (QED) is 0.827. The molecule has 4 nitrogen and oxygen atoms in total. The maximum Gasteiger partial charge on any atom is 0.246 e. The molecule has 2 saturated carbocycles. The molecule has 2 aliphatic carbocycles. The molecule has 1 saturated heterocycles. The Bertz CT molecular complexity index is 395. The lowest BCUT2D eigenvalue weighted by Crippen LogP contribution is -2.71. The summed E-state index contributed by atoms with van der Waals surface area (Å²) in [5, 5.41) is 2.96. The first-order valence-electron chi connectivity index (χ1n) is 7.66. The van der Waals surface area contributed by atoms with Crippen LogP contribution in [0.2, 0.25) is 0 Å². The molecule has 1 atom stereocenters. The summed E-state index contributed by atoms with van der Waals surface area (Å²) in [5.41, 5.74) is -0.690. The van der Waals surface area contributed by atoms with Crippen molar-refractivity contribution in [1.82, 2.24) is 10.2 Å². The van der Waals surface area contributed by atoms with Crippen LogP contribution < -0.4 is 5.32 Å². The van der Waals surface area contributed by atoms with E-state index < -0.39 is 5.54 Å². The van der Waals surface area contributed by atoms with Gasteiger partial charge in [0.05, 0.1) is 0 Å². The number of carbonyl (C=O) groups excluding carboxylic acids is 2. The van der Waals surface area contributed by atoms with E-state index in [4.69, 9.17) is 0 Å². The van der Waals surface area contributed by atoms with Crippen LogP contribution in [0.1, 0.15) is 58.8 Å². The Labute approximate surface area is 114 Å². The van der Waals surface area contributed by atoms with Crippen LogP contribution in [0.25, 0.3) is 0 Å². The first-order valence-corrected chi connectivity index (χ1v) is 7.66. The zero-order chi connectivity index (χ0) is 13.6. The third-order valence-electron chi connectivity index (χ3n) is 4.98. The van der Waals surface area contributed by atoms with Crippen molar-refractivity contribution in [2.75, 3.05) is 0 Å². The van der Waals surface area contributed by atoms with Crippen LogP contribution in [0.4, 0.5) is 0 Å². The Morgan fingerprint density at radius 1 is 1.05 bits per heavy atom. The van der Waals surface area contributed by atoms with Crippen molar-refractivity contribution in [3.8, 4) is 0 Å². The molecule has 1 N–H and O–H groups in total. The normalized spacial score (nSPS) is 32.3. The molecule has 19 heavy (non-hydrogen) atoms. The number of hydrogen-bond donors (Lipinski definition) is 1. The van der Waals surface area contributed by atoms with Crippen molar-refractivity contribution in [1.29, 1.82) is 0 Å². The van der Waals surface area contributed by atoms with Gasteiger partial charge in [-0.15, -0.1) is 0 Å². The maximum absolute atomic E-state index is 12.8. The van der Waals surface area contributed by atoms with Crippen LogP contribution in [0.15, 0.2) is 0 Å². The Balaban J connectivity index is 1.86. The van der Waals surface area contributed by atoms with Gasteiger partial charge >= 0.3 is 0 Å². The summed E-state index contributed by atoms with van der Waals surface area (Å²) < 4.78 is 0. The average molecular weight is 264 g/mol. The number of carbonyl (C=O) groups is 2. The molecule has 0 bridgehead atoms. The lowest BCUT2D eigenvalue weighted by atomic mass is 9.86. The molecule has 2 amide bonds. The fraction of sp³-hybridized carbons (Fsp3) is 0.867. The van der Waals surface area contributed by atoms with Crippen LogP contribution in [0.5, 0.6) is 0 Å². The lowest BCUT2D eigenvalue weighted by Gasteiger charge is -2.49. The highest BCUT2D eigenvalue weighted by molar-refractivity contribution is 5.99. The molecule has 0 aromatic rings. The number of amides is 2. The second-order valence-electron chi connectivity index (χ2n) is 6.85. The van der Waals surface area contributed by atoms with Crippen molar-refractivity contribution < 1.29 is 9.59 Å². The van der Waals surface area contributed by atoms with Crippen molar-refractivity contribution in [2.45, 2.75) is 76.4 Å². The Morgan fingerprint density at radius 2 is 1.68 bits per heavy atom. The molecule has 1 unspecified atom stereocenters. The number of hydrogen-bond acceptors (Lipinski definition) is 2. The molecule has 0 aromatic carbocycles. The van der Waals surface area contributed by atoms with E-state index in [2.05, 4.69) is 5.32 Å². The van der Waals surface area contributed by atoms with Gasteiger partial charge in [0.15, 0.2) is 0 Å². The highest BCUT2D eigenvalue weighted by Gasteiger charge is 2.52. The maximum atomic E-state index is 12.8. The van der Waals surface area contributed by atoms with E-state index in [0.29, 0.717) is 5.92 Å². The van der Waals surface area contributed by atoms with Crippen LogP contribution in [-0.4, -0.2) is 34.3 Å². The third-order valence-corrected chi connectivity index (χ3v) is 4.98. The van der Waals surface area contributed by atoms with Gasteiger partial charge in [0.1, 0.15) is 11.6 Å². The summed E-state index contributed by atoms with van der Waals surface area (Å²) in [6.45, 7) is 3.77. The zero-order valence-corrected chi connectivity index (χ0v) is 11.9. The van der Waals surface area contributed by atoms with Crippen molar-refractivity contribution in [2.24, 2.45) is 5.92 Å². The summed E-state index contributed by atoms with van der Waals surface area (Å²) >= 11 is 0. The Morgan fingerprint density at radius 3 is 2.26 bits per heavy atom. The molecule has 0 spiro atoms. The van der Waals surface area contributed by atoms with E-state index in [-0.39, 0.29) is 23.9 Å². The van der Waals surface area contributed by atoms with Gasteiger partial charge in [-0.3, -0.25) is 9.59 Å². The molecule has 3 rings (SSSR count). The molecule has 3 fully saturated rings. The van der Waals surface area contributed by atoms with Gasteiger partial charge in [-0.25, -0.2) is 0 Å². The summed E-state index contributed by atoms with van der Waals surface area (Å²) in [6.07, 6.45) is 7.89. The summed E-state index contributed by atoms with van der Waals surface area (Å²) in [5.74, 6) is 0.576. The van der Waals surface area contributed by atoms with Gasteiger partial charge in [0.25, 0.3) is 0 Å². The summed E-state index contributed by atoms with van der Waals surface area (Å²) in [7, 11) is 0. The van der Waals surface area contributed by atoms with Crippen LogP contribution in [-0.2, 0) is 9.59 Å². The lowest BCUT2D eigenvalue weighted by molar-refractivity contribution is -0.160. The van der Waals surface area contributed by atoms with Gasteiger partial charge in [0.2, 0.25) is 11.8 Å². The first-order chi connectivity index (χ1) is 9.01. The van der Waals surface area contributed by atoms with Crippen LogP contribution in [0, 0.1) is 5.92 Å². The number of piperazine rings is 1.